The predicted octanol–water partition coefficient (Wildman–Crippen LogP) is 1.24. The first-order chi connectivity index (χ1) is 8.93. The van der Waals surface area contributed by atoms with Gasteiger partial charge in [-0.1, -0.05) is 20.8 Å². The molecule has 5 heteroatoms. The van der Waals surface area contributed by atoms with Crippen molar-refractivity contribution in [1.82, 2.24) is 14.7 Å². The number of nitrogens with zero attached hydrogens (tertiary/aromatic N) is 3. The Morgan fingerprint density at radius 3 is 2.79 bits per heavy atom. The summed E-state index contributed by atoms with van der Waals surface area (Å²) in [5.41, 5.74) is 8.36. The van der Waals surface area contributed by atoms with Gasteiger partial charge in [-0.25, -0.2) is 0 Å². The molecule has 1 aromatic heterocycles. The summed E-state index contributed by atoms with van der Waals surface area (Å²) in [4.78, 5) is 14.1. The van der Waals surface area contributed by atoms with Crippen LogP contribution in [0.3, 0.4) is 0 Å². The molecule has 0 saturated carbocycles. The number of likely N-dealkylation sites (tertiary alicyclic amines) is 1. The highest BCUT2D eigenvalue weighted by Crippen LogP contribution is 2.34. The lowest BCUT2D eigenvalue weighted by atomic mass is 10.00. The molecule has 106 valence electrons. The van der Waals surface area contributed by atoms with Crippen molar-refractivity contribution < 1.29 is 4.79 Å². The third-order valence-electron chi connectivity index (χ3n) is 3.62. The van der Waals surface area contributed by atoms with Gasteiger partial charge in [-0.2, -0.15) is 5.10 Å². The van der Waals surface area contributed by atoms with Crippen LogP contribution < -0.4 is 5.73 Å². The van der Waals surface area contributed by atoms with Crippen molar-refractivity contribution >= 4 is 5.91 Å². The van der Waals surface area contributed by atoms with Gasteiger partial charge in [0.25, 0.3) is 0 Å². The number of carbonyl (C=O) groups excluding carboxylic acids is 1. The van der Waals surface area contributed by atoms with Crippen LogP contribution in [0.4, 0.5) is 0 Å². The second-order valence-electron chi connectivity index (χ2n) is 5.81. The largest absolute Gasteiger partial charge is 0.334 e. The smallest absolute Gasteiger partial charge is 0.224 e. The van der Waals surface area contributed by atoms with Gasteiger partial charge in [-0.3, -0.25) is 9.48 Å². The van der Waals surface area contributed by atoms with E-state index in [1.54, 1.807) is 0 Å². The predicted molar refractivity (Wildman–Crippen MR) is 74.5 cm³/mol. The summed E-state index contributed by atoms with van der Waals surface area (Å²) in [5.74, 6) is 0.607. The molecule has 2 N–H and O–H groups in total. The number of nitrogens with two attached hydrogens (primary N) is 1. The molecule has 0 spiro atoms. The number of rotatable bonds is 4. The first-order valence-corrected chi connectivity index (χ1v) is 7.01. The van der Waals surface area contributed by atoms with E-state index in [0.29, 0.717) is 12.3 Å². The van der Waals surface area contributed by atoms with Crippen LogP contribution in [0.5, 0.6) is 0 Å². The fourth-order valence-electron chi connectivity index (χ4n) is 2.90. The number of aryl methyl sites for hydroxylation is 2. The Labute approximate surface area is 114 Å². The number of carbonyl (C=O) groups is 1. The zero-order valence-corrected chi connectivity index (χ0v) is 12.3. The van der Waals surface area contributed by atoms with Gasteiger partial charge in [0.2, 0.25) is 5.91 Å². The maximum absolute atomic E-state index is 12.1. The van der Waals surface area contributed by atoms with Gasteiger partial charge >= 0.3 is 0 Å². The standard InChI is InChI=1S/C14H24N4O/c1-5-12-10(8-17(4)16-12)14-11(15)6-13(19)18(14)7-9(2)3/h8-9,11,14H,5-7,15H2,1-4H3. The van der Waals surface area contributed by atoms with E-state index in [2.05, 4.69) is 25.9 Å². The monoisotopic (exact) mass is 264 g/mol. The fourth-order valence-corrected chi connectivity index (χ4v) is 2.90. The third-order valence-corrected chi connectivity index (χ3v) is 3.62. The van der Waals surface area contributed by atoms with E-state index in [1.807, 2.05) is 22.8 Å². The van der Waals surface area contributed by atoms with E-state index in [0.717, 1.165) is 24.2 Å². The van der Waals surface area contributed by atoms with Crippen LogP contribution in [0, 0.1) is 5.92 Å². The van der Waals surface area contributed by atoms with Crippen molar-refractivity contribution in [3.63, 3.8) is 0 Å². The van der Waals surface area contributed by atoms with Gasteiger partial charge in [-0.05, 0) is 12.3 Å². The Kier molecular flexibility index (Phi) is 3.94. The van der Waals surface area contributed by atoms with Gasteiger partial charge in [0.1, 0.15) is 0 Å². The minimum Gasteiger partial charge on any atom is -0.334 e. The molecule has 1 saturated heterocycles. The molecule has 2 rings (SSSR count). The highest BCUT2D eigenvalue weighted by molar-refractivity contribution is 5.80. The zero-order valence-electron chi connectivity index (χ0n) is 12.3. The van der Waals surface area contributed by atoms with Crippen molar-refractivity contribution in [2.24, 2.45) is 18.7 Å². The highest BCUT2D eigenvalue weighted by atomic mass is 16.2. The molecular weight excluding hydrogens is 240 g/mol. The molecule has 5 nitrogen and oxygen atoms in total. The molecule has 1 aromatic rings. The fraction of sp³-hybridized carbons (Fsp3) is 0.714. The van der Waals surface area contributed by atoms with Crippen LogP contribution in [0.2, 0.25) is 0 Å². The SMILES string of the molecule is CCc1nn(C)cc1C1C(N)CC(=O)N1CC(C)C. The summed E-state index contributed by atoms with van der Waals surface area (Å²) >= 11 is 0. The Morgan fingerprint density at radius 2 is 2.21 bits per heavy atom. The maximum Gasteiger partial charge on any atom is 0.224 e. The topological polar surface area (TPSA) is 64.2 Å². The minimum absolute atomic E-state index is 0.0152. The van der Waals surface area contributed by atoms with E-state index in [-0.39, 0.29) is 18.0 Å². The molecule has 2 unspecified atom stereocenters. The summed E-state index contributed by atoms with van der Waals surface area (Å²) in [5, 5.41) is 4.47. The van der Waals surface area contributed by atoms with Crippen molar-refractivity contribution in [3.8, 4) is 0 Å². The van der Waals surface area contributed by atoms with Crippen molar-refractivity contribution in [2.45, 2.75) is 45.7 Å². The van der Waals surface area contributed by atoms with Gasteiger partial charge < -0.3 is 10.6 Å². The number of aromatic nitrogens is 2. The molecular formula is C14H24N4O. The van der Waals surface area contributed by atoms with E-state index < -0.39 is 0 Å². The molecule has 0 bridgehead atoms. The third kappa shape index (κ3) is 2.66. The number of amides is 1. The lowest BCUT2D eigenvalue weighted by Gasteiger charge is -2.28. The molecule has 0 radical (unpaired) electrons. The average molecular weight is 264 g/mol. The van der Waals surface area contributed by atoms with Gasteiger partial charge in [0.05, 0.1) is 11.7 Å². The lowest BCUT2D eigenvalue weighted by molar-refractivity contribution is -0.129. The highest BCUT2D eigenvalue weighted by Gasteiger charge is 2.40. The second kappa shape index (κ2) is 5.33. The lowest BCUT2D eigenvalue weighted by Crippen LogP contribution is -2.35. The summed E-state index contributed by atoms with van der Waals surface area (Å²) in [6, 6.07) is -0.140. The Balaban J connectivity index is 2.36. The summed E-state index contributed by atoms with van der Waals surface area (Å²) in [7, 11) is 1.91. The Morgan fingerprint density at radius 1 is 1.53 bits per heavy atom. The van der Waals surface area contributed by atoms with Crippen molar-refractivity contribution in [3.05, 3.63) is 17.5 Å². The first-order valence-electron chi connectivity index (χ1n) is 7.01. The maximum atomic E-state index is 12.1. The van der Waals surface area contributed by atoms with Crippen molar-refractivity contribution in [1.29, 1.82) is 0 Å². The summed E-state index contributed by atoms with van der Waals surface area (Å²) in [6.07, 6.45) is 3.31. The molecule has 1 fully saturated rings. The van der Waals surface area contributed by atoms with Crippen LogP contribution in [-0.4, -0.2) is 33.2 Å². The number of hydrogen-bond donors (Lipinski definition) is 1. The van der Waals surface area contributed by atoms with E-state index >= 15 is 0 Å². The van der Waals surface area contributed by atoms with E-state index in [1.165, 1.54) is 0 Å². The van der Waals surface area contributed by atoms with Gasteiger partial charge in [0.15, 0.2) is 0 Å². The Hall–Kier alpha value is -1.36. The van der Waals surface area contributed by atoms with E-state index in [4.69, 9.17) is 5.73 Å². The molecule has 1 aliphatic rings. The Bertz CT molecular complexity index is 466. The molecule has 1 amide bonds. The summed E-state index contributed by atoms with van der Waals surface area (Å²) in [6.45, 7) is 7.09. The van der Waals surface area contributed by atoms with Crippen LogP contribution in [0.15, 0.2) is 6.20 Å². The molecule has 1 aliphatic heterocycles. The number of hydrogen-bond acceptors (Lipinski definition) is 3. The van der Waals surface area contributed by atoms with Gasteiger partial charge in [-0.15, -0.1) is 0 Å². The molecule has 0 aromatic carbocycles. The molecule has 2 heterocycles. The molecule has 2 atom stereocenters. The quantitative estimate of drug-likeness (QED) is 0.890. The molecule has 19 heavy (non-hydrogen) atoms. The van der Waals surface area contributed by atoms with Gasteiger partial charge in [0, 0.05) is 37.8 Å². The normalized spacial score (nSPS) is 23.7. The van der Waals surface area contributed by atoms with Crippen LogP contribution >= 0.6 is 0 Å². The molecule has 0 aliphatic carbocycles. The van der Waals surface area contributed by atoms with Crippen LogP contribution in [0.25, 0.3) is 0 Å². The van der Waals surface area contributed by atoms with Crippen LogP contribution in [-0.2, 0) is 18.3 Å². The first kappa shape index (κ1) is 14.1. The minimum atomic E-state index is -0.124. The van der Waals surface area contributed by atoms with Crippen LogP contribution in [0.1, 0.15) is 44.5 Å². The second-order valence-corrected chi connectivity index (χ2v) is 5.81. The van der Waals surface area contributed by atoms with Crippen molar-refractivity contribution in [2.75, 3.05) is 6.54 Å². The van der Waals surface area contributed by atoms with E-state index in [9.17, 15) is 4.79 Å². The summed E-state index contributed by atoms with van der Waals surface area (Å²) < 4.78 is 1.82. The zero-order chi connectivity index (χ0) is 14.2. The average Bonchev–Trinajstić information content (AvgIpc) is 2.79.